The van der Waals surface area contributed by atoms with Crippen LogP contribution in [0.25, 0.3) is 10.6 Å². The van der Waals surface area contributed by atoms with Crippen molar-refractivity contribution in [1.29, 1.82) is 0 Å². The van der Waals surface area contributed by atoms with Gasteiger partial charge in [-0.1, -0.05) is 19.1 Å². The fourth-order valence-corrected chi connectivity index (χ4v) is 4.48. The molecular formula is C17H22N2S2. The summed E-state index contributed by atoms with van der Waals surface area (Å²) in [7, 11) is 0. The number of thioether (sulfide) groups is 1. The molecule has 0 radical (unpaired) electrons. The Morgan fingerprint density at radius 2 is 2.14 bits per heavy atom. The van der Waals surface area contributed by atoms with Crippen LogP contribution in [0.4, 0.5) is 0 Å². The van der Waals surface area contributed by atoms with Gasteiger partial charge in [0.05, 0.1) is 5.69 Å². The molecule has 4 heteroatoms. The van der Waals surface area contributed by atoms with Gasteiger partial charge in [0.1, 0.15) is 5.01 Å². The van der Waals surface area contributed by atoms with E-state index in [2.05, 4.69) is 42.8 Å². The van der Waals surface area contributed by atoms with Crippen molar-refractivity contribution in [3.63, 3.8) is 0 Å². The number of rotatable bonds is 5. The largest absolute Gasteiger partial charge is 0.316 e. The normalized spacial score (nSPS) is 17.7. The summed E-state index contributed by atoms with van der Waals surface area (Å²) in [5.41, 5.74) is 2.62. The number of fused-ring (bicyclic) bond motifs is 1. The molecule has 1 aromatic heterocycles. The molecule has 1 unspecified atom stereocenters. The van der Waals surface area contributed by atoms with Gasteiger partial charge in [-0.05, 0) is 44.2 Å². The third kappa shape index (κ3) is 3.33. The molecule has 1 N–H and O–H groups in total. The molecule has 0 saturated heterocycles. The molecule has 1 aliphatic carbocycles. The van der Waals surface area contributed by atoms with Crippen LogP contribution in [0.5, 0.6) is 0 Å². The lowest BCUT2D eigenvalue weighted by molar-refractivity contribution is 0.509. The molecule has 0 fully saturated rings. The number of nitrogens with zero attached hydrogens (tertiary/aromatic N) is 1. The first-order valence-corrected chi connectivity index (χ1v) is 9.70. The summed E-state index contributed by atoms with van der Waals surface area (Å²) in [4.78, 5) is 7.80. The highest BCUT2D eigenvalue weighted by Crippen LogP contribution is 2.38. The first kappa shape index (κ1) is 15.1. The summed E-state index contributed by atoms with van der Waals surface area (Å²) in [5, 5.41) is 4.68. The van der Waals surface area contributed by atoms with Crippen molar-refractivity contribution < 1.29 is 0 Å². The molecule has 1 atom stereocenters. The van der Waals surface area contributed by atoms with E-state index in [1.165, 1.54) is 45.3 Å². The second-order valence-corrected chi connectivity index (χ2v) is 7.42. The maximum absolute atomic E-state index is 4.98. The van der Waals surface area contributed by atoms with Crippen LogP contribution in [-0.4, -0.2) is 24.3 Å². The Balaban J connectivity index is 1.86. The summed E-state index contributed by atoms with van der Waals surface area (Å²) < 4.78 is 0. The molecule has 0 aliphatic heterocycles. The SMILES string of the molecule is CCNCC1CCCc2sc(-c3ccc(SC)cc3)nc21. The number of thiazole rings is 1. The van der Waals surface area contributed by atoms with Crippen LogP contribution in [-0.2, 0) is 6.42 Å². The first-order chi connectivity index (χ1) is 10.3. The Bertz CT molecular complexity index is 589. The summed E-state index contributed by atoms with van der Waals surface area (Å²) in [6, 6.07) is 8.79. The van der Waals surface area contributed by atoms with Crippen molar-refractivity contribution in [1.82, 2.24) is 10.3 Å². The van der Waals surface area contributed by atoms with E-state index in [1.807, 2.05) is 11.3 Å². The lowest BCUT2D eigenvalue weighted by Crippen LogP contribution is -2.23. The summed E-state index contributed by atoms with van der Waals surface area (Å²) in [6.07, 6.45) is 5.89. The number of hydrogen-bond acceptors (Lipinski definition) is 4. The van der Waals surface area contributed by atoms with Crippen molar-refractivity contribution in [2.24, 2.45) is 0 Å². The zero-order valence-corrected chi connectivity index (χ0v) is 14.3. The maximum Gasteiger partial charge on any atom is 0.123 e. The van der Waals surface area contributed by atoms with E-state index in [-0.39, 0.29) is 0 Å². The van der Waals surface area contributed by atoms with Crippen molar-refractivity contribution in [3.8, 4) is 10.6 Å². The number of hydrogen-bond donors (Lipinski definition) is 1. The van der Waals surface area contributed by atoms with E-state index in [9.17, 15) is 0 Å². The number of aromatic nitrogens is 1. The molecule has 2 nitrogen and oxygen atoms in total. The van der Waals surface area contributed by atoms with Gasteiger partial charge in [0.2, 0.25) is 0 Å². The Morgan fingerprint density at radius 1 is 1.33 bits per heavy atom. The highest BCUT2D eigenvalue weighted by Gasteiger charge is 2.24. The summed E-state index contributed by atoms with van der Waals surface area (Å²) >= 11 is 3.68. The van der Waals surface area contributed by atoms with Gasteiger partial charge in [0.15, 0.2) is 0 Å². The fraction of sp³-hybridized carbons (Fsp3) is 0.471. The van der Waals surface area contributed by atoms with E-state index in [1.54, 1.807) is 11.8 Å². The topological polar surface area (TPSA) is 24.9 Å². The third-order valence-corrected chi connectivity index (χ3v) is 5.97. The van der Waals surface area contributed by atoms with E-state index >= 15 is 0 Å². The molecular weight excluding hydrogens is 296 g/mol. The van der Waals surface area contributed by atoms with Gasteiger partial charge in [-0.25, -0.2) is 4.98 Å². The monoisotopic (exact) mass is 318 g/mol. The second-order valence-electron chi connectivity index (χ2n) is 5.45. The van der Waals surface area contributed by atoms with Crippen molar-refractivity contribution in [2.75, 3.05) is 19.3 Å². The minimum atomic E-state index is 0.601. The van der Waals surface area contributed by atoms with Crippen LogP contribution in [0.3, 0.4) is 0 Å². The number of benzene rings is 1. The van der Waals surface area contributed by atoms with Crippen LogP contribution in [0.1, 0.15) is 36.3 Å². The van der Waals surface area contributed by atoms with Crippen molar-refractivity contribution in [3.05, 3.63) is 34.8 Å². The van der Waals surface area contributed by atoms with Crippen LogP contribution in [0, 0.1) is 0 Å². The van der Waals surface area contributed by atoms with Gasteiger partial charge in [0, 0.05) is 27.8 Å². The number of nitrogens with one attached hydrogen (secondary N) is 1. The van der Waals surface area contributed by atoms with Gasteiger partial charge in [-0.2, -0.15) is 0 Å². The average molecular weight is 319 g/mol. The van der Waals surface area contributed by atoms with Crippen LogP contribution in [0.15, 0.2) is 29.2 Å². The van der Waals surface area contributed by atoms with Gasteiger partial charge in [-0.3, -0.25) is 0 Å². The van der Waals surface area contributed by atoms with E-state index in [4.69, 9.17) is 4.98 Å². The lowest BCUT2D eigenvalue weighted by Gasteiger charge is -2.21. The first-order valence-electron chi connectivity index (χ1n) is 7.66. The molecule has 0 spiro atoms. The second kappa shape index (κ2) is 6.95. The van der Waals surface area contributed by atoms with Crippen molar-refractivity contribution in [2.45, 2.75) is 37.0 Å². The van der Waals surface area contributed by atoms with Gasteiger partial charge in [0.25, 0.3) is 0 Å². The minimum absolute atomic E-state index is 0.601. The van der Waals surface area contributed by atoms with E-state index in [0.717, 1.165) is 13.1 Å². The quantitative estimate of drug-likeness (QED) is 0.818. The summed E-state index contributed by atoms with van der Waals surface area (Å²) in [6.45, 7) is 4.28. The smallest absolute Gasteiger partial charge is 0.123 e. The average Bonchev–Trinajstić information content (AvgIpc) is 2.97. The van der Waals surface area contributed by atoms with E-state index < -0.39 is 0 Å². The minimum Gasteiger partial charge on any atom is -0.316 e. The van der Waals surface area contributed by atoms with E-state index in [0.29, 0.717) is 5.92 Å². The number of aryl methyl sites for hydroxylation is 1. The molecule has 1 aliphatic rings. The van der Waals surface area contributed by atoms with Crippen LogP contribution in [0.2, 0.25) is 0 Å². The molecule has 112 valence electrons. The molecule has 0 amide bonds. The molecule has 3 rings (SSSR count). The Morgan fingerprint density at radius 3 is 2.86 bits per heavy atom. The van der Waals surface area contributed by atoms with Gasteiger partial charge >= 0.3 is 0 Å². The Hall–Kier alpha value is -0.840. The standard InChI is InChI=1S/C17H22N2S2/c1-3-18-11-13-5-4-6-15-16(13)19-17(21-15)12-7-9-14(20-2)10-8-12/h7-10,13,18H,3-6,11H2,1-2H3. The lowest BCUT2D eigenvalue weighted by atomic mass is 9.91. The Labute approximate surface area is 135 Å². The molecule has 0 saturated carbocycles. The zero-order valence-electron chi connectivity index (χ0n) is 12.7. The van der Waals surface area contributed by atoms with Gasteiger partial charge in [-0.15, -0.1) is 23.1 Å². The molecule has 2 aromatic rings. The Kier molecular flexibility index (Phi) is 4.99. The van der Waals surface area contributed by atoms with Crippen LogP contribution >= 0.6 is 23.1 Å². The third-order valence-electron chi connectivity index (χ3n) is 4.05. The van der Waals surface area contributed by atoms with Crippen molar-refractivity contribution >= 4 is 23.1 Å². The molecule has 1 aromatic carbocycles. The summed E-state index contributed by atoms with van der Waals surface area (Å²) in [5.74, 6) is 0.601. The number of likely N-dealkylation sites (N-methyl/N-ethyl adjacent to an activating group) is 1. The predicted molar refractivity (Wildman–Crippen MR) is 93.6 cm³/mol. The van der Waals surface area contributed by atoms with Gasteiger partial charge < -0.3 is 5.32 Å². The van der Waals surface area contributed by atoms with Crippen LogP contribution < -0.4 is 5.32 Å². The molecule has 21 heavy (non-hydrogen) atoms. The predicted octanol–water partition coefficient (Wildman–Crippen LogP) is 4.56. The highest BCUT2D eigenvalue weighted by atomic mass is 32.2. The maximum atomic E-state index is 4.98. The fourth-order valence-electron chi connectivity index (χ4n) is 2.88. The highest BCUT2D eigenvalue weighted by molar-refractivity contribution is 7.98. The molecule has 0 bridgehead atoms. The zero-order chi connectivity index (χ0) is 14.7. The molecule has 1 heterocycles.